The van der Waals surface area contributed by atoms with Crippen molar-refractivity contribution >= 4 is 22.8 Å². The summed E-state index contributed by atoms with van der Waals surface area (Å²) in [5.41, 5.74) is 7.47. The van der Waals surface area contributed by atoms with Crippen LogP contribution >= 0.6 is 0 Å². The van der Waals surface area contributed by atoms with Crippen molar-refractivity contribution in [2.75, 3.05) is 17.6 Å². The van der Waals surface area contributed by atoms with Crippen LogP contribution in [0.1, 0.15) is 39.5 Å². The number of aliphatic hydroxyl groups is 1. The fraction of sp³-hybridized carbons (Fsp3) is 0.562. The van der Waals surface area contributed by atoms with Crippen molar-refractivity contribution in [2.45, 2.75) is 45.1 Å². The van der Waals surface area contributed by atoms with Gasteiger partial charge < -0.3 is 20.6 Å². The summed E-state index contributed by atoms with van der Waals surface area (Å²) >= 11 is 0. The van der Waals surface area contributed by atoms with Crippen LogP contribution in [0.2, 0.25) is 0 Å². The SMILES string of the molecule is CC1(C)CCC(O)(CNc2nc3ccc(N)cc3o2)CC1. The number of fused-ring (bicyclic) bond motifs is 1. The van der Waals surface area contributed by atoms with Crippen molar-refractivity contribution < 1.29 is 9.52 Å². The van der Waals surface area contributed by atoms with Gasteiger partial charge in [0.2, 0.25) is 0 Å². The molecule has 1 aliphatic carbocycles. The monoisotopic (exact) mass is 289 g/mol. The number of oxazole rings is 1. The topological polar surface area (TPSA) is 84.3 Å². The van der Waals surface area contributed by atoms with E-state index in [1.54, 1.807) is 12.1 Å². The molecular formula is C16H23N3O2. The molecular weight excluding hydrogens is 266 g/mol. The molecule has 1 aliphatic rings. The zero-order valence-corrected chi connectivity index (χ0v) is 12.6. The number of aromatic nitrogens is 1. The zero-order valence-electron chi connectivity index (χ0n) is 12.6. The predicted octanol–water partition coefficient (Wildman–Crippen LogP) is 3.15. The van der Waals surface area contributed by atoms with E-state index >= 15 is 0 Å². The van der Waals surface area contributed by atoms with E-state index in [4.69, 9.17) is 10.2 Å². The second kappa shape index (κ2) is 4.91. The fourth-order valence-corrected chi connectivity index (χ4v) is 2.83. The highest BCUT2D eigenvalue weighted by Gasteiger charge is 2.36. The molecule has 0 atom stereocenters. The smallest absolute Gasteiger partial charge is 0.295 e. The van der Waals surface area contributed by atoms with Gasteiger partial charge in [-0.2, -0.15) is 4.98 Å². The molecule has 114 valence electrons. The van der Waals surface area contributed by atoms with Gasteiger partial charge in [-0.25, -0.2) is 0 Å². The number of nitrogens with zero attached hydrogens (tertiary/aromatic N) is 1. The van der Waals surface area contributed by atoms with E-state index < -0.39 is 5.60 Å². The molecule has 21 heavy (non-hydrogen) atoms. The lowest BCUT2D eigenvalue weighted by atomic mass is 9.71. The molecule has 2 aromatic rings. The normalized spacial score (nSPS) is 20.5. The van der Waals surface area contributed by atoms with E-state index in [1.165, 1.54) is 0 Å². The standard InChI is InChI=1S/C16H23N3O2/c1-15(2)5-7-16(20,8-6-15)10-18-14-19-12-4-3-11(17)9-13(12)21-14/h3-4,9,20H,5-8,10,17H2,1-2H3,(H,18,19). The first-order valence-electron chi connectivity index (χ1n) is 7.48. The lowest BCUT2D eigenvalue weighted by Crippen LogP contribution is -2.42. The number of hydrogen-bond acceptors (Lipinski definition) is 5. The van der Waals surface area contributed by atoms with Crippen LogP contribution in [0.25, 0.3) is 11.1 Å². The molecule has 1 fully saturated rings. The largest absolute Gasteiger partial charge is 0.423 e. The van der Waals surface area contributed by atoms with E-state index in [9.17, 15) is 5.11 Å². The lowest BCUT2D eigenvalue weighted by Gasteiger charge is -2.40. The van der Waals surface area contributed by atoms with Gasteiger partial charge in [0.1, 0.15) is 5.52 Å². The molecule has 4 N–H and O–H groups in total. The van der Waals surface area contributed by atoms with Crippen LogP contribution in [0.3, 0.4) is 0 Å². The Balaban J connectivity index is 1.66. The number of nitrogens with two attached hydrogens (primary N) is 1. The van der Waals surface area contributed by atoms with Gasteiger partial charge in [-0.05, 0) is 43.2 Å². The van der Waals surface area contributed by atoms with Gasteiger partial charge >= 0.3 is 0 Å². The third kappa shape index (κ3) is 3.13. The highest BCUT2D eigenvalue weighted by atomic mass is 16.4. The second-order valence-corrected chi connectivity index (χ2v) is 6.99. The highest BCUT2D eigenvalue weighted by Crippen LogP contribution is 2.40. The molecule has 5 heteroatoms. The minimum Gasteiger partial charge on any atom is -0.423 e. The van der Waals surface area contributed by atoms with Crippen LogP contribution in [0.5, 0.6) is 0 Å². The van der Waals surface area contributed by atoms with E-state index in [0.29, 0.717) is 29.2 Å². The number of benzene rings is 1. The third-order valence-electron chi connectivity index (χ3n) is 4.52. The molecule has 3 rings (SSSR count). The van der Waals surface area contributed by atoms with Gasteiger partial charge in [-0.15, -0.1) is 0 Å². The van der Waals surface area contributed by atoms with Gasteiger partial charge in [-0.1, -0.05) is 13.8 Å². The molecule has 1 heterocycles. The van der Waals surface area contributed by atoms with E-state index in [0.717, 1.165) is 31.2 Å². The van der Waals surface area contributed by atoms with Gasteiger partial charge in [0, 0.05) is 18.3 Å². The number of hydrogen-bond donors (Lipinski definition) is 3. The molecule has 1 aromatic carbocycles. The molecule has 1 saturated carbocycles. The van der Waals surface area contributed by atoms with Gasteiger partial charge in [0.05, 0.1) is 5.60 Å². The maximum atomic E-state index is 10.6. The van der Waals surface area contributed by atoms with Crippen LogP contribution < -0.4 is 11.1 Å². The Bertz CT molecular complexity index is 638. The number of nitrogen functional groups attached to an aromatic ring is 1. The van der Waals surface area contributed by atoms with E-state index in [2.05, 4.69) is 24.1 Å². The number of anilines is 2. The molecule has 0 saturated heterocycles. The molecule has 0 spiro atoms. The van der Waals surface area contributed by atoms with Crippen molar-refractivity contribution in [3.63, 3.8) is 0 Å². The first-order chi connectivity index (χ1) is 9.85. The average Bonchev–Trinajstić information content (AvgIpc) is 2.83. The lowest BCUT2D eigenvalue weighted by molar-refractivity contribution is -0.0148. The van der Waals surface area contributed by atoms with Gasteiger partial charge in [-0.3, -0.25) is 0 Å². The maximum absolute atomic E-state index is 10.6. The summed E-state index contributed by atoms with van der Waals surface area (Å²) in [5.74, 6) is 0. The minimum atomic E-state index is -0.671. The molecule has 0 unspecified atom stereocenters. The summed E-state index contributed by atoms with van der Waals surface area (Å²) in [6.45, 7) is 4.97. The van der Waals surface area contributed by atoms with Crippen molar-refractivity contribution in [1.82, 2.24) is 4.98 Å². The molecule has 1 aromatic heterocycles. The van der Waals surface area contributed by atoms with Crippen LogP contribution in [-0.4, -0.2) is 22.2 Å². The van der Waals surface area contributed by atoms with E-state index in [-0.39, 0.29) is 0 Å². The quantitative estimate of drug-likeness (QED) is 0.756. The van der Waals surface area contributed by atoms with E-state index in [1.807, 2.05) is 6.07 Å². The second-order valence-electron chi connectivity index (χ2n) is 6.99. The Morgan fingerprint density at radius 1 is 1.29 bits per heavy atom. The summed E-state index contributed by atoms with van der Waals surface area (Å²) in [6.07, 6.45) is 3.69. The summed E-state index contributed by atoms with van der Waals surface area (Å²) in [6, 6.07) is 5.82. The van der Waals surface area contributed by atoms with Gasteiger partial charge in [0.15, 0.2) is 5.58 Å². The Labute approximate surface area is 124 Å². The first kappa shape index (κ1) is 14.2. The summed E-state index contributed by atoms with van der Waals surface area (Å²) in [5, 5.41) is 13.8. The molecule has 0 radical (unpaired) electrons. The van der Waals surface area contributed by atoms with Crippen LogP contribution in [0.4, 0.5) is 11.7 Å². The van der Waals surface area contributed by atoms with Crippen molar-refractivity contribution in [1.29, 1.82) is 0 Å². The van der Waals surface area contributed by atoms with Crippen LogP contribution in [-0.2, 0) is 0 Å². The van der Waals surface area contributed by atoms with Crippen LogP contribution in [0, 0.1) is 5.41 Å². The molecule has 0 bridgehead atoms. The Morgan fingerprint density at radius 3 is 2.71 bits per heavy atom. The highest BCUT2D eigenvalue weighted by molar-refractivity contribution is 5.78. The predicted molar refractivity (Wildman–Crippen MR) is 84.1 cm³/mol. The fourth-order valence-electron chi connectivity index (χ4n) is 2.83. The summed E-state index contributed by atoms with van der Waals surface area (Å²) in [7, 11) is 0. The zero-order chi connectivity index (χ0) is 15.1. The third-order valence-corrected chi connectivity index (χ3v) is 4.52. The molecule has 0 aliphatic heterocycles. The first-order valence-corrected chi connectivity index (χ1v) is 7.48. The Morgan fingerprint density at radius 2 is 2.00 bits per heavy atom. The average molecular weight is 289 g/mol. The number of rotatable bonds is 3. The van der Waals surface area contributed by atoms with Crippen molar-refractivity contribution in [3.05, 3.63) is 18.2 Å². The van der Waals surface area contributed by atoms with Crippen LogP contribution in [0.15, 0.2) is 22.6 Å². The van der Waals surface area contributed by atoms with Crippen molar-refractivity contribution in [3.8, 4) is 0 Å². The summed E-state index contributed by atoms with van der Waals surface area (Å²) < 4.78 is 5.61. The molecule has 5 nitrogen and oxygen atoms in total. The van der Waals surface area contributed by atoms with Gasteiger partial charge in [0.25, 0.3) is 6.01 Å². The Hall–Kier alpha value is -1.75. The van der Waals surface area contributed by atoms with Crippen molar-refractivity contribution in [2.24, 2.45) is 5.41 Å². The molecule has 0 amide bonds. The number of nitrogens with one attached hydrogen (secondary N) is 1. The summed E-state index contributed by atoms with van der Waals surface area (Å²) in [4.78, 5) is 4.35. The maximum Gasteiger partial charge on any atom is 0.295 e. The minimum absolute atomic E-state index is 0.335. The Kier molecular flexibility index (Phi) is 3.32.